The van der Waals surface area contributed by atoms with Crippen LogP contribution in [0.1, 0.15) is 0 Å². The maximum absolute atomic E-state index is 5.22. The summed E-state index contributed by atoms with van der Waals surface area (Å²) in [6.07, 6.45) is 2.04. The Morgan fingerprint density at radius 2 is 1.67 bits per heavy atom. The van der Waals surface area contributed by atoms with Crippen LogP contribution in [0, 0.1) is 0 Å². The Kier molecular flexibility index (Phi) is 3.97. The van der Waals surface area contributed by atoms with Crippen LogP contribution in [-0.2, 0) is 0 Å². The molecule has 21 heavy (non-hydrogen) atoms. The molecule has 0 unspecified atom stereocenters. The molecule has 1 heterocycles. The predicted molar refractivity (Wildman–Crippen MR) is 87.8 cm³/mol. The van der Waals surface area contributed by atoms with E-state index in [1.54, 1.807) is 18.9 Å². The molecule has 0 amide bonds. The number of H-pyrrole nitrogens is 1. The molecule has 3 nitrogen and oxygen atoms in total. The van der Waals surface area contributed by atoms with E-state index in [1.165, 1.54) is 5.56 Å². The van der Waals surface area contributed by atoms with Gasteiger partial charge in [-0.15, -0.1) is 11.8 Å². The van der Waals surface area contributed by atoms with Crippen LogP contribution in [0.2, 0.25) is 0 Å². The van der Waals surface area contributed by atoms with E-state index in [0.717, 1.165) is 27.6 Å². The van der Waals surface area contributed by atoms with E-state index in [-0.39, 0.29) is 0 Å². The molecule has 3 rings (SSSR count). The fourth-order valence-electron chi connectivity index (χ4n) is 2.31. The lowest BCUT2D eigenvalue weighted by molar-refractivity contribution is 0.415. The Morgan fingerprint density at radius 1 is 0.952 bits per heavy atom. The summed E-state index contributed by atoms with van der Waals surface area (Å²) >= 11 is 1.65. The third-order valence-corrected chi connectivity index (χ3v) is 4.05. The molecule has 0 aliphatic carbocycles. The number of ether oxygens (including phenoxy) is 1. The molecule has 0 fully saturated rings. The average molecular weight is 296 g/mol. The minimum atomic E-state index is 0.851. The van der Waals surface area contributed by atoms with Gasteiger partial charge in [0.15, 0.2) is 0 Å². The summed E-state index contributed by atoms with van der Waals surface area (Å²) in [6.45, 7) is 0. The van der Waals surface area contributed by atoms with E-state index in [2.05, 4.69) is 22.3 Å². The highest BCUT2D eigenvalue weighted by atomic mass is 32.2. The molecule has 106 valence electrons. The highest BCUT2D eigenvalue weighted by molar-refractivity contribution is 7.98. The van der Waals surface area contributed by atoms with Gasteiger partial charge in [-0.05, 0) is 36.1 Å². The Morgan fingerprint density at radius 3 is 2.29 bits per heavy atom. The summed E-state index contributed by atoms with van der Waals surface area (Å²) < 4.78 is 5.22. The van der Waals surface area contributed by atoms with Crippen LogP contribution in [0.3, 0.4) is 0 Å². The van der Waals surface area contributed by atoms with Crippen molar-refractivity contribution in [2.24, 2.45) is 0 Å². The largest absolute Gasteiger partial charge is 0.497 e. The van der Waals surface area contributed by atoms with Crippen LogP contribution in [0.4, 0.5) is 0 Å². The van der Waals surface area contributed by atoms with Crippen molar-refractivity contribution in [3.63, 3.8) is 0 Å². The number of rotatable bonds is 4. The lowest BCUT2D eigenvalue weighted by atomic mass is 10.0. The molecule has 0 atom stereocenters. The number of thioether (sulfide) groups is 1. The lowest BCUT2D eigenvalue weighted by Gasteiger charge is -2.06. The molecule has 0 aliphatic heterocycles. The molecule has 0 saturated heterocycles. The summed E-state index contributed by atoms with van der Waals surface area (Å²) in [5.41, 5.74) is 4.45. The van der Waals surface area contributed by atoms with Crippen molar-refractivity contribution in [2.45, 2.75) is 5.03 Å². The molecule has 4 heteroatoms. The van der Waals surface area contributed by atoms with Gasteiger partial charge >= 0.3 is 0 Å². The molecule has 1 aromatic heterocycles. The molecule has 1 N–H and O–H groups in total. The summed E-state index contributed by atoms with van der Waals surface area (Å²) in [5.74, 6) is 0.851. The van der Waals surface area contributed by atoms with E-state index < -0.39 is 0 Å². The molecule has 0 spiro atoms. The van der Waals surface area contributed by atoms with E-state index in [9.17, 15) is 0 Å². The quantitative estimate of drug-likeness (QED) is 0.722. The van der Waals surface area contributed by atoms with Crippen LogP contribution in [0.25, 0.3) is 22.4 Å². The Balaban J connectivity index is 2.12. The van der Waals surface area contributed by atoms with Gasteiger partial charge in [-0.2, -0.15) is 5.10 Å². The van der Waals surface area contributed by atoms with Crippen molar-refractivity contribution in [1.29, 1.82) is 0 Å². The zero-order chi connectivity index (χ0) is 14.7. The minimum absolute atomic E-state index is 0.851. The fraction of sp³-hybridized carbons (Fsp3) is 0.118. The second-order valence-electron chi connectivity index (χ2n) is 4.58. The van der Waals surface area contributed by atoms with Crippen molar-refractivity contribution < 1.29 is 4.74 Å². The van der Waals surface area contributed by atoms with Gasteiger partial charge in [-0.3, -0.25) is 5.10 Å². The summed E-state index contributed by atoms with van der Waals surface area (Å²) in [5, 5.41) is 8.61. The summed E-state index contributed by atoms with van der Waals surface area (Å²) in [7, 11) is 1.67. The van der Waals surface area contributed by atoms with Crippen molar-refractivity contribution in [2.75, 3.05) is 13.4 Å². The number of benzene rings is 2. The third kappa shape index (κ3) is 2.67. The maximum Gasteiger partial charge on any atom is 0.126 e. The SMILES string of the molecule is COc1ccc(-c2[nH]nc(SC)c2-c2ccccc2)cc1. The normalized spacial score (nSPS) is 10.6. The van der Waals surface area contributed by atoms with Crippen LogP contribution in [-0.4, -0.2) is 23.6 Å². The first-order chi connectivity index (χ1) is 10.3. The first-order valence-corrected chi connectivity index (χ1v) is 7.88. The number of hydrogen-bond donors (Lipinski definition) is 1. The van der Waals surface area contributed by atoms with Crippen LogP contribution in [0.5, 0.6) is 5.75 Å². The van der Waals surface area contributed by atoms with Crippen LogP contribution >= 0.6 is 11.8 Å². The first-order valence-electron chi connectivity index (χ1n) is 6.65. The van der Waals surface area contributed by atoms with Crippen molar-refractivity contribution in [3.05, 3.63) is 54.6 Å². The number of nitrogens with one attached hydrogen (secondary N) is 1. The number of hydrogen-bond acceptors (Lipinski definition) is 3. The van der Waals surface area contributed by atoms with Gasteiger partial charge in [0.25, 0.3) is 0 Å². The molecule has 0 saturated carbocycles. The predicted octanol–water partition coefficient (Wildman–Crippen LogP) is 4.47. The van der Waals surface area contributed by atoms with E-state index in [0.29, 0.717) is 0 Å². The zero-order valence-electron chi connectivity index (χ0n) is 12.0. The second kappa shape index (κ2) is 6.06. The number of aromatic amines is 1. The van der Waals surface area contributed by atoms with Crippen molar-refractivity contribution in [3.8, 4) is 28.1 Å². The standard InChI is InChI=1S/C17H16N2OS/c1-20-14-10-8-13(9-11-14)16-15(17(21-2)19-18-16)12-6-4-3-5-7-12/h3-11H,1-2H3,(H,18,19). The Labute approximate surface area is 128 Å². The number of methoxy groups -OCH3 is 1. The Hall–Kier alpha value is -2.20. The number of nitrogens with zero attached hydrogens (tertiary/aromatic N) is 1. The summed E-state index contributed by atoms with van der Waals surface area (Å²) in [4.78, 5) is 0. The van der Waals surface area contributed by atoms with Crippen LogP contribution < -0.4 is 4.74 Å². The third-order valence-electron chi connectivity index (χ3n) is 3.37. The molecular formula is C17H16N2OS. The van der Waals surface area contributed by atoms with Crippen LogP contribution in [0.15, 0.2) is 59.6 Å². The lowest BCUT2D eigenvalue weighted by Crippen LogP contribution is -1.85. The molecular weight excluding hydrogens is 280 g/mol. The summed E-state index contributed by atoms with van der Waals surface area (Å²) in [6, 6.07) is 18.3. The average Bonchev–Trinajstić information content (AvgIpc) is 2.99. The second-order valence-corrected chi connectivity index (χ2v) is 5.37. The molecule has 0 bridgehead atoms. The monoisotopic (exact) mass is 296 g/mol. The fourth-order valence-corrected chi connectivity index (χ4v) is 2.87. The van der Waals surface area contributed by atoms with Gasteiger partial charge in [0.05, 0.1) is 12.8 Å². The smallest absolute Gasteiger partial charge is 0.126 e. The van der Waals surface area contributed by atoms with Gasteiger partial charge in [-0.25, -0.2) is 0 Å². The Bertz CT molecular complexity index is 720. The highest BCUT2D eigenvalue weighted by Crippen LogP contribution is 2.37. The van der Waals surface area contributed by atoms with E-state index in [1.807, 2.05) is 48.7 Å². The van der Waals surface area contributed by atoms with Gasteiger partial charge in [-0.1, -0.05) is 30.3 Å². The number of aromatic nitrogens is 2. The minimum Gasteiger partial charge on any atom is -0.497 e. The molecule has 3 aromatic rings. The van der Waals surface area contributed by atoms with Gasteiger partial charge in [0, 0.05) is 11.1 Å². The first kappa shape index (κ1) is 13.8. The van der Waals surface area contributed by atoms with Crippen molar-refractivity contribution in [1.82, 2.24) is 10.2 Å². The van der Waals surface area contributed by atoms with Crippen molar-refractivity contribution >= 4 is 11.8 Å². The topological polar surface area (TPSA) is 37.9 Å². The van der Waals surface area contributed by atoms with Gasteiger partial charge in [0.2, 0.25) is 0 Å². The van der Waals surface area contributed by atoms with E-state index in [4.69, 9.17) is 4.74 Å². The molecule has 0 radical (unpaired) electrons. The van der Waals surface area contributed by atoms with E-state index >= 15 is 0 Å². The molecule has 0 aliphatic rings. The molecule has 2 aromatic carbocycles. The highest BCUT2D eigenvalue weighted by Gasteiger charge is 2.15. The van der Waals surface area contributed by atoms with Gasteiger partial charge in [0.1, 0.15) is 10.8 Å². The van der Waals surface area contributed by atoms with Gasteiger partial charge < -0.3 is 4.74 Å². The maximum atomic E-state index is 5.22. The zero-order valence-corrected chi connectivity index (χ0v) is 12.8.